The molecular weight excluding hydrogens is 344 g/mol. The number of hydrogen-bond donors (Lipinski definition) is 0. The maximum atomic E-state index is 11.5. The average Bonchev–Trinajstić information content (AvgIpc) is 2.44. The fourth-order valence-electron chi connectivity index (χ4n) is 1.56. The number of esters is 1. The molecule has 0 atom stereocenters. The van der Waals surface area contributed by atoms with Gasteiger partial charge in [0.1, 0.15) is 5.69 Å². The van der Waals surface area contributed by atoms with Crippen molar-refractivity contribution in [3.63, 3.8) is 0 Å². The van der Waals surface area contributed by atoms with E-state index in [1.165, 1.54) is 13.2 Å². The minimum Gasteiger partial charge on any atom is -0.464 e. The first kappa shape index (κ1) is 15.4. The van der Waals surface area contributed by atoms with E-state index < -0.39 is 5.97 Å². The van der Waals surface area contributed by atoms with Crippen molar-refractivity contribution >= 4 is 52.4 Å². The number of methoxy groups -OCH3 is 1. The number of benzene rings is 1. The molecule has 7 heteroatoms. The van der Waals surface area contributed by atoms with Gasteiger partial charge in [0.05, 0.1) is 32.9 Å². The maximum absolute atomic E-state index is 11.5. The Morgan fingerprint density at radius 3 is 2.20 bits per heavy atom. The molecule has 0 amide bonds. The summed E-state index contributed by atoms with van der Waals surface area (Å²) in [5.74, 6) is -0.561. The van der Waals surface area contributed by atoms with E-state index in [2.05, 4.69) is 9.72 Å². The SMILES string of the molecule is COC(=O)c1ccc(Cl)c(-c2cc(Cl)c(Cl)c(Cl)c2)n1. The van der Waals surface area contributed by atoms with Crippen LogP contribution in [0.1, 0.15) is 10.5 Å². The highest BCUT2D eigenvalue weighted by atomic mass is 35.5. The van der Waals surface area contributed by atoms with Crippen molar-refractivity contribution in [3.05, 3.63) is 50.0 Å². The van der Waals surface area contributed by atoms with Crippen molar-refractivity contribution in [1.29, 1.82) is 0 Å². The van der Waals surface area contributed by atoms with Gasteiger partial charge < -0.3 is 4.74 Å². The van der Waals surface area contributed by atoms with Crippen LogP contribution in [0.25, 0.3) is 11.3 Å². The third-order valence-electron chi connectivity index (χ3n) is 2.50. The van der Waals surface area contributed by atoms with Gasteiger partial charge in [-0.3, -0.25) is 0 Å². The summed E-state index contributed by atoms with van der Waals surface area (Å²) in [7, 11) is 1.27. The van der Waals surface area contributed by atoms with Crippen LogP contribution in [-0.2, 0) is 4.74 Å². The van der Waals surface area contributed by atoms with Crippen LogP contribution >= 0.6 is 46.4 Å². The number of carbonyl (C=O) groups excluding carboxylic acids is 1. The van der Waals surface area contributed by atoms with E-state index in [9.17, 15) is 4.79 Å². The Bertz CT molecular complexity index is 665. The molecule has 0 bridgehead atoms. The Kier molecular flexibility index (Phi) is 4.76. The average molecular weight is 351 g/mol. The Morgan fingerprint density at radius 2 is 1.65 bits per heavy atom. The van der Waals surface area contributed by atoms with E-state index in [-0.39, 0.29) is 20.8 Å². The summed E-state index contributed by atoms with van der Waals surface area (Å²) >= 11 is 23.9. The van der Waals surface area contributed by atoms with Crippen LogP contribution in [0, 0.1) is 0 Å². The summed E-state index contributed by atoms with van der Waals surface area (Å²) < 4.78 is 4.62. The highest BCUT2D eigenvalue weighted by molar-refractivity contribution is 6.48. The number of aromatic nitrogens is 1. The molecule has 104 valence electrons. The molecule has 0 unspecified atom stereocenters. The number of halogens is 4. The van der Waals surface area contributed by atoms with Crippen molar-refractivity contribution in [1.82, 2.24) is 4.98 Å². The summed E-state index contributed by atoms with van der Waals surface area (Å²) in [6.07, 6.45) is 0. The predicted molar refractivity (Wildman–Crippen MR) is 81.1 cm³/mol. The van der Waals surface area contributed by atoms with Crippen molar-refractivity contribution < 1.29 is 9.53 Å². The minimum absolute atomic E-state index is 0.133. The molecule has 1 aromatic heterocycles. The Labute approximate surface area is 135 Å². The molecule has 3 nitrogen and oxygen atoms in total. The molecule has 0 saturated heterocycles. The Balaban J connectivity index is 2.60. The largest absolute Gasteiger partial charge is 0.464 e. The smallest absolute Gasteiger partial charge is 0.356 e. The second-order valence-corrected chi connectivity index (χ2v) is 5.37. The number of hydrogen-bond acceptors (Lipinski definition) is 3. The van der Waals surface area contributed by atoms with E-state index >= 15 is 0 Å². The van der Waals surface area contributed by atoms with Gasteiger partial charge in [-0.25, -0.2) is 9.78 Å². The number of rotatable bonds is 2. The molecule has 20 heavy (non-hydrogen) atoms. The minimum atomic E-state index is -0.561. The summed E-state index contributed by atoms with van der Waals surface area (Å²) in [6, 6.07) is 6.17. The van der Waals surface area contributed by atoms with Crippen LogP contribution < -0.4 is 0 Å². The van der Waals surface area contributed by atoms with E-state index in [0.717, 1.165) is 0 Å². The van der Waals surface area contributed by atoms with Gasteiger partial charge >= 0.3 is 5.97 Å². The van der Waals surface area contributed by atoms with Crippen LogP contribution in [0.4, 0.5) is 0 Å². The number of nitrogens with zero attached hydrogens (tertiary/aromatic N) is 1. The molecule has 0 N–H and O–H groups in total. The monoisotopic (exact) mass is 349 g/mol. The first-order valence-electron chi connectivity index (χ1n) is 5.34. The number of pyridine rings is 1. The van der Waals surface area contributed by atoms with Gasteiger partial charge in [0.2, 0.25) is 0 Å². The topological polar surface area (TPSA) is 39.2 Å². The fraction of sp³-hybridized carbons (Fsp3) is 0.0769. The highest BCUT2D eigenvalue weighted by Gasteiger charge is 2.15. The van der Waals surface area contributed by atoms with Gasteiger partial charge in [-0.15, -0.1) is 0 Å². The van der Waals surface area contributed by atoms with Crippen LogP contribution in [-0.4, -0.2) is 18.1 Å². The molecule has 0 aliphatic carbocycles. The summed E-state index contributed by atoms with van der Waals surface area (Å²) in [5.41, 5.74) is 1.06. The van der Waals surface area contributed by atoms with Crippen molar-refractivity contribution in [2.24, 2.45) is 0 Å². The van der Waals surface area contributed by atoms with Gasteiger partial charge in [-0.05, 0) is 24.3 Å². The van der Waals surface area contributed by atoms with Crippen LogP contribution in [0.5, 0.6) is 0 Å². The summed E-state index contributed by atoms with van der Waals surface area (Å²) in [4.78, 5) is 15.7. The zero-order valence-corrected chi connectivity index (χ0v) is 13.1. The second-order valence-electron chi connectivity index (χ2n) is 3.77. The zero-order chi connectivity index (χ0) is 14.9. The van der Waals surface area contributed by atoms with E-state index in [1.54, 1.807) is 18.2 Å². The van der Waals surface area contributed by atoms with E-state index in [0.29, 0.717) is 16.3 Å². The van der Waals surface area contributed by atoms with E-state index in [4.69, 9.17) is 46.4 Å². The normalized spacial score (nSPS) is 10.4. The Morgan fingerprint density at radius 1 is 1.05 bits per heavy atom. The third kappa shape index (κ3) is 3.01. The quantitative estimate of drug-likeness (QED) is 0.555. The van der Waals surface area contributed by atoms with Gasteiger partial charge in [0.15, 0.2) is 0 Å². The molecule has 1 heterocycles. The molecule has 0 radical (unpaired) electrons. The van der Waals surface area contributed by atoms with Crippen molar-refractivity contribution in [2.75, 3.05) is 7.11 Å². The van der Waals surface area contributed by atoms with Crippen LogP contribution in [0.3, 0.4) is 0 Å². The number of ether oxygens (including phenoxy) is 1. The molecule has 0 spiro atoms. The lowest BCUT2D eigenvalue weighted by atomic mass is 10.1. The standard InChI is InChI=1S/C13H7Cl4NO2/c1-20-13(19)10-3-2-7(14)12(18-10)6-4-8(15)11(17)9(16)5-6/h2-5H,1H3. The van der Waals surface area contributed by atoms with Gasteiger partial charge in [0, 0.05) is 5.56 Å². The van der Waals surface area contributed by atoms with Crippen LogP contribution in [0.15, 0.2) is 24.3 Å². The molecular formula is C13H7Cl4NO2. The molecule has 0 aliphatic heterocycles. The first-order valence-corrected chi connectivity index (χ1v) is 6.85. The lowest BCUT2D eigenvalue weighted by Crippen LogP contribution is -2.05. The second kappa shape index (κ2) is 6.19. The molecule has 2 rings (SSSR count). The third-order valence-corrected chi connectivity index (χ3v) is 4.00. The Hall–Kier alpha value is -1.000. The molecule has 0 aliphatic rings. The summed E-state index contributed by atoms with van der Waals surface area (Å²) in [5, 5.41) is 1.15. The molecule has 1 aromatic carbocycles. The zero-order valence-electron chi connectivity index (χ0n) is 10.1. The van der Waals surface area contributed by atoms with Crippen molar-refractivity contribution in [3.8, 4) is 11.3 Å². The lowest BCUT2D eigenvalue weighted by Gasteiger charge is -2.08. The van der Waals surface area contributed by atoms with Gasteiger partial charge in [-0.2, -0.15) is 0 Å². The maximum Gasteiger partial charge on any atom is 0.356 e. The fourth-order valence-corrected chi connectivity index (χ4v) is 2.37. The lowest BCUT2D eigenvalue weighted by molar-refractivity contribution is 0.0594. The summed E-state index contributed by atoms with van der Waals surface area (Å²) in [6.45, 7) is 0. The number of carbonyl (C=O) groups is 1. The van der Waals surface area contributed by atoms with Crippen LogP contribution in [0.2, 0.25) is 20.1 Å². The molecule has 0 fully saturated rings. The van der Waals surface area contributed by atoms with E-state index in [1.807, 2.05) is 0 Å². The van der Waals surface area contributed by atoms with Crippen molar-refractivity contribution in [2.45, 2.75) is 0 Å². The van der Waals surface area contributed by atoms with Gasteiger partial charge in [0.25, 0.3) is 0 Å². The first-order chi connectivity index (χ1) is 9.43. The molecule has 0 saturated carbocycles. The highest BCUT2D eigenvalue weighted by Crippen LogP contribution is 2.36. The van der Waals surface area contributed by atoms with Gasteiger partial charge in [-0.1, -0.05) is 46.4 Å². The molecule has 2 aromatic rings. The predicted octanol–water partition coefficient (Wildman–Crippen LogP) is 5.15.